The van der Waals surface area contributed by atoms with Gasteiger partial charge in [0.05, 0.1) is 6.54 Å². The summed E-state index contributed by atoms with van der Waals surface area (Å²) < 4.78 is 7.15. The normalized spacial score (nSPS) is 11.4. The van der Waals surface area contributed by atoms with Gasteiger partial charge >= 0.3 is 6.09 Å². The second-order valence-electron chi connectivity index (χ2n) is 7.84. The Labute approximate surface area is 198 Å². The first-order valence-corrected chi connectivity index (χ1v) is 11.0. The van der Waals surface area contributed by atoms with E-state index in [1.165, 1.54) is 0 Å². The predicted molar refractivity (Wildman–Crippen MR) is 130 cm³/mol. The van der Waals surface area contributed by atoms with Crippen LogP contribution in [-0.4, -0.2) is 27.8 Å². The Balaban J connectivity index is 1.39. The SMILES string of the molecule is O=C(N[C@@H](Cc1ccccc1)C(=O)Nc1ccc(Cn2cccn2)cc1)OCc1ccccc1. The van der Waals surface area contributed by atoms with E-state index in [-0.39, 0.29) is 12.5 Å². The maximum absolute atomic E-state index is 13.1. The van der Waals surface area contributed by atoms with E-state index in [4.69, 9.17) is 4.74 Å². The largest absolute Gasteiger partial charge is 0.445 e. The molecular weight excluding hydrogens is 428 g/mol. The molecule has 0 fully saturated rings. The molecule has 1 atom stereocenters. The maximum Gasteiger partial charge on any atom is 0.408 e. The summed E-state index contributed by atoms with van der Waals surface area (Å²) >= 11 is 0. The highest BCUT2D eigenvalue weighted by molar-refractivity contribution is 5.96. The van der Waals surface area contributed by atoms with E-state index < -0.39 is 12.1 Å². The summed E-state index contributed by atoms with van der Waals surface area (Å²) in [6.45, 7) is 0.775. The number of hydrogen-bond donors (Lipinski definition) is 2. The first kappa shape index (κ1) is 22.8. The molecule has 0 saturated heterocycles. The van der Waals surface area contributed by atoms with Crippen molar-refractivity contribution in [1.82, 2.24) is 15.1 Å². The molecule has 7 heteroatoms. The van der Waals surface area contributed by atoms with Crippen molar-refractivity contribution >= 4 is 17.7 Å². The van der Waals surface area contributed by atoms with Crippen molar-refractivity contribution < 1.29 is 14.3 Å². The number of nitrogens with zero attached hydrogens (tertiary/aromatic N) is 2. The number of rotatable bonds is 9. The van der Waals surface area contributed by atoms with Crippen molar-refractivity contribution in [3.8, 4) is 0 Å². The Kier molecular flexibility index (Phi) is 7.69. The molecule has 4 rings (SSSR count). The molecule has 1 aromatic heterocycles. The molecule has 0 aliphatic carbocycles. The van der Waals surface area contributed by atoms with E-state index in [2.05, 4.69) is 15.7 Å². The lowest BCUT2D eigenvalue weighted by Crippen LogP contribution is -2.45. The Morgan fingerprint density at radius 3 is 2.15 bits per heavy atom. The monoisotopic (exact) mass is 454 g/mol. The molecule has 2 N–H and O–H groups in total. The molecule has 0 unspecified atom stereocenters. The molecule has 0 saturated carbocycles. The number of ether oxygens (including phenoxy) is 1. The minimum atomic E-state index is -0.797. The second kappa shape index (κ2) is 11.5. The average molecular weight is 455 g/mol. The fraction of sp³-hybridized carbons (Fsp3) is 0.148. The van der Waals surface area contributed by atoms with Gasteiger partial charge in [-0.05, 0) is 34.9 Å². The van der Waals surface area contributed by atoms with Crippen LogP contribution in [-0.2, 0) is 29.1 Å². The number of alkyl carbamates (subject to hydrolysis) is 1. The molecule has 1 heterocycles. The lowest BCUT2D eigenvalue weighted by Gasteiger charge is -2.19. The second-order valence-corrected chi connectivity index (χ2v) is 7.84. The summed E-state index contributed by atoms with van der Waals surface area (Å²) in [7, 11) is 0. The van der Waals surface area contributed by atoms with Crippen LogP contribution in [0.5, 0.6) is 0 Å². The third-order valence-corrected chi connectivity index (χ3v) is 5.23. The van der Waals surface area contributed by atoms with Crippen LogP contribution in [0.25, 0.3) is 0 Å². The highest BCUT2D eigenvalue weighted by Crippen LogP contribution is 2.13. The van der Waals surface area contributed by atoms with Crippen LogP contribution in [0.1, 0.15) is 16.7 Å². The minimum absolute atomic E-state index is 0.129. The number of nitrogens with one attached hydrogen (secondary N) is 2. The molecule has 172 valence electrons. The fourth-order valence-corrected chi connectivity index (χ4v) is 3.47. The smallest absolute Gasteiger partial charge is 0.408 e. The Morgan fingerprint density at radius 1 is 0.824 bits per heavy atom. The first-order valence-electron chi connectivity index (χ1n) is 11.0. The highest BCUT2D eigenvalue weighted by Gasteiger charge is 2.22. The van der Waals surface area contributed by atoms with Gasteiger partial charge in [-0.15, -0.1) is 0 Å². The van der Waals surface area contributed by atoms with Gasteiger partial charge in [0.25, 0.3) is 0 Å². The number of anilines is 1. The number of carbonyl (C=O) groups excluding carboxylic acids is 2. The topological polar surface area (TPSA) is 85.3 Å². The van der Waals surface area contributed by atoms with Crippen LogP contribution >= 0.6 is 0 Å². The van der Waals surface area contributed by atoms with Gasteiger partial charge in [0.15, 0.2) is 0 Å². The zero-order chi connectivity index (χ0) is 23.6. The summed E-state index contributed by atoms with van der Waals surface area (Å²) in [4.78, 5) is 25.5. The molecule has 0 aliphatic heterocycles. The summed E-state index contributed by atoms with van der Waals surface area (Å²) in [6, 6.07) is 27.6. The first-order chi connectivity index (χ1) is 16.7. The van der Waals surface area contributed by atoms with Crippen LogP contribution in [0.3, 0.4) is 0 Å². The molecular formula is C27H26N4O3. The molecule has 4 aromatic rings. The van der Waals surface area contributed by atoms with E-state index in [0.29, 0.717) is 18.7 Å². The number of aromatic nitrogens is 2. The molecule has 0 aliphatic rings. The molecule has 0 spiro atoms. The van der Waals surface area contributed by atoms with Gasteiger partial charge < -0.3 is 15.4 Å². The van der Waals surface area contributed by atoms with Crippen molar-refractivity contribution in [2.24, 2.45) is 0 Å². The Hall–Kier alpha value is -4.39. The van der Waals surface area contributed by atoms with E-state index in [1.54, 1.807) is 6.20 Å². The molecule has 34 heavy (non-hydrogen) atoms. The standard InChI is InChI=1S/C27H26N4O3/c32-26(29-24-14-12-22(13-15-24)19-31-17-7-16-28-31)25(18-21-8-3-1-4-9-21)30-27(33)34-20-23-10-5-2-6-11-23/h1-17,25H,18-20H2,(H,29,32)(H,30,33)/t25-/m0/s1. The third kappa shape index (κ3) is 6.80. The summed E-state index contributed by atoms with van der Waals surface area (Å²) in [5.74, 6) is -0.319. The molecule has 2 amide bonds. The van der Waals surface area contributed by atoms with Crippen LogP contribution in [0.15, 0.2) is 103 Å². The lowest BCUT2D eigenvalue weighted by molar-refractivity contribution is -0.118. The molecule has 0 radical (unpaired) electrons. The number of hydrogen-bond acceptors (Lipinski definition) is 4. The molecule has 3 aromatic carbocycles. The summed E-state index contributed by atoms with van der Waals surface area (Å²) in [6.07, 6.45) is 3.32. The van der Waals surface area contributed by atoms with Crippen molar-refractivity contribution in [1.29, 1.82) is 0 Å². The van der Waals surface area contributed by atoms with Crippen molar-refractivity contribution in [2.45, 2.75) is 25.6 Å². The van der Waals surface area contributed by atoms with E-state index in [0.717, 1.165) is 16.7 Å². The fourth-order valence-electron chi connectivity index (χ4n) is 3.47. The van der Waals surface area contributed by atoms with Gasteiger partial charge in [0, 0.05) is 24.5 Å². The average Bonchev–Trinajstić information content (AvgIpc) is 3.38. The number of amides is 2. The van der Waals surface area contributed by atoms with E-state index in [1.807, 2.05) is 102 Å². The summed E-state index contributed by atoms with van der Waals surface area (Å²) in [5, 5.41) is 9.81. The Bertz CT molecular complexity index is 1180. The summed E-state index contributed by atoms with van der Waals surface area (Å²) in [5.41, 5.74) is 3.51. The minimum Gasteiger partial charge on any atom is -0.445 e. The van der Waals surface area contributed by atoms with Crippen LogP contribution < -0.4 is 10.6 Å². The number of carbonyl (C=O) groups is 2. The van der Waals surface area contributed by atoms with Gasteiger partial charge in [-0.3, -0.25) is 9.48 Å². The zero-order valence-corrected chi connectivity index (χ0v) is 18.6. The number of benzene rings is 3. The van der Waals surface area contributed by atoms with Gasteiger partial charge in [-0.1, -0.05) is 72.8 Å². The van der Waals surface area contributed by atoms with Crippen LogP contribution in [0, 0.1) is 0 Å². The molecule has 7 nitrogen and oxygen atoms in total. The zero-order valence-electron chi connectivity index (χ0n) is 18.6. The van der Waals surface area contributed by atoms with Gasteiger partial charge in [0.1, 0.15) is 12.6 Å². The van der Waals surface area contributed by atoms with E-state index >= 15 is 0 Å². The highest BCUT2D eigenvalue weighted by atomic mass is 16.5. The van der Waals surface area contributed by atoms with Crippen LogP contribution in [0.2, 0.25) is 0 Å². The molecule has 0 bridgehead atoms. The Morgan fingerprint density at radius 2 is 1.50 bits per heavy atom. The van der Waals surface area contributed by atoms with Gasteiger partial charge in [-0.2, -0.15) is 5.10 Å². The lowest BCUT2D eigenvalue weighted by atomic mass is 10.1. The van der Waals surface area contributed by atoms with Crippen molar-refractivity contribution in [3.63, 3.8) is 0 Å². The van der Waals surface area contributed by atoms with Crippen LogP contribution in [0.4, 0.5) is 10.5 Å². The van der Waals surface area contributed by atoms with Crippen molar-refractivity contribution in [2.75, 3.05) is 5.32 Å². The van der Waals surface area contributed by atoms with Gasteiger partial charge in [-0.25, -0.2) is 4.79 Å². The predicted octanol–water partition coefficient (Wildman–Crippen LogP) is 4.41. The third-order valence-electron chi connectivity index (χ3n) is 5.23. The quantitative estimate of drug-likeness (QED) is 0.392. The van der Waals surface area contributed by atoms with Gasteiger partial charge in [0.2, 0.25) is 5.91 Å². The van der Waals surface area contributed by atoms with Crippen molar-refractivity contribution in [3.05, 3.63) is 120 Å². The van der Waals surface area contributed by atoms with E-state index in [9.17, 15) is 9.59 Å². The maximum atomic E-state index is 13.1.